The molecule has 1 heterocycles. The lowest BCUT2D eigenvalue weighted by atomic mass is 10.4. The van der Waals surface area contributed by atoms with Crippen LogP contribution >= 0.6 is 11.6 Å². The van der Waals surface area contributed by atoms with Gasteiger partial charge in [-0.2, -0.15) is 0 Å². The maximum absolute atomic E-state index is 8.51. The van der Waals surface area contributed by atoms with Gasteiger partial charge in [0.25, 0.3) is 0 Å². The Labute approximate surface area is 58.1 Å². The van der Waals surface area contributed by atoms with Crippen LogP contribution in [0.25, 0.3) is 0 Å². The van der Waals surface area contributed by atoms with Crippen molar-refractivity contribution in [3.8, 4) is 0 Å². The molecule has 0 aliphatic heterocycles. The summed E-state index contributed by atoms with van der Waals surface area (Å²) in [5, 5.41) is 8.51. The lowest BCUT2D eigenvalue weighted by molar-refractivity contribution is 0.244. The van der Waals surface area contributed by atoms with Gasteiger partial charge in [0, 0.05) is 0 Å². The van der Waals surface area contributed by atoms with Crippen LogP contribution in [0.1, 0.15) is 11.5 Å². The molecule has 0 radical (unpaired) electrons. The van der Waals surface area contributed by atoms with Crippen molar-refractivity contribution in [2.45, 2.75) is 12.5 Å². The maximum atomic E-state index is 8.51. The average Bonchev–Trinajstić information content (AvgIpc) is 2.34. The van der Waals surface area contributed by atoms with Gasteiger partial charge in [0.15, 0.2) is 0 Å². The molecule has 0 atom stereocenters. The van der Waals surface area contributed by atoms with Crippen molar-refractivity contribution in [2.24, 2.45) is 0 Å². The molecular formula is C6H7ClO2. The van der Waals surface area contributed by atoms with E-state index in [0.717, 1.165) is 0 Å². The van der Waals surface area contributed by atoms with Gasteiger partial charge in [-0.3, -0.25) is 0 Å². The second kappa shape index (κ2) is 2.90. The van der Waals surface area contributed by atoms with Gasteiger partial charge >= 0.3 is 0 Å². The van der Waals surface area contributed by atoms with Crippen molar-refractivity contribution in [1.82, 2.24) is 0 Å². The first-order valence-corrected chi connectivity index (χ1v) is 3.14. The Morgan fingerprint density at radius 3 is 2.44 bits per heavy atom. The predicted molar refractivity (Wildman–Crippen MR) is 34.2 cm³/mol. The highest BCUT2D eigenvalue weighted by atomic mass is 35.5. The molecule has 2 nitrogen and oxygen atoms in total. The Morgan fingerprint density at radius 2 is 2.11 bits per heavy atom. The summed E-state index contributed by atoms with van der Waals surface area (Å²) in [4.78, 5) is 0. The standard InChI is InChI=1S/C6H7ClO2/c7-3-5-1-2-6(4-8)9-5/h1-2,8H,3-4H2. The molecule has 0 aliphatic carbocycles. The van der Waals surface area contributed by atoms with Crippen LogP contribution < -0.4 is 0 Å². The molecule has 0 amide bonds. The van der Waals surface area contributed by atoms with Crippen LogP contribution in [0.4, 0.5) is 0 Å². The van der Waals surface area contributed by atoms with Gasteiger partial charge in [0.05, 0.1) is 5.88 Å². The van der Waals surface area contributed by atoms with Gasteiger partial charge in [0.2, 0.25) is 0 Å². The highest BCUT2D eigenvalue weighted by Gasteiger charge is 1.96. The number of rotatable bonds is 2. The molecule has 1 aromatic rings. The largest absolute Gasteiger partial charge is 0.462 e. The Hall–Kier alpha value is -0.470. The van der Waals surface area contributed by atoms with Gasteiger partial charge in [-0.1, -0.05) is 0 Å². The van der Waals surface area contributed by atoms with Crippen LogP contribution in [-0.2, 0) is 12.5 Å². The fourth-order valence-corrected chi connectivity index (χ4v) is 0.723. The van der Waals surface area contributed by atoms with Crippen LogP contribution in [0.15, 0.2) is 16.5 Å². The van der Waals surface area contributed by atoms with Crippen LogP contribution in [0.5, 0.6) is 0 Å². The number of furan rings is 1. The monoisotopic (exact) mass is 146 g/mol. The number of aliphatic hydroxyl groups excluding tert-OH is 1. The minimum absolute atomic E-state index is 0.0586. The Kier molecular flexibility index (Phi) is 2.14. The third-order valence-corrected chi connectivity index (χ3v) is 1.27. The minimum Gasteiger partial charge on any atom is -0.462 e. The van der Waals surface area contributed by atoms with Gasteiger partial charge in [-0.15, -0.1) is 11.6 Å². The van der Waals surface area contributed by atoms with E-state index in [1.165, 1.54) is 0 Å². The van der Waals surface area contributed by atoms with E-state index in [2.05, 4.69) is 0 Å². The van der Waals surface area contributed by atoms with E-state index in [1.807, 2.05) is 0 Å². The van der Waals surface area contributed by atoms with E-state index in [1.54, 1.807) is 12.1 Å². The molecule has 1 N–H and O–H groups in total. The molecule has 0 aromatic carbocycles. The molecule has 1 aromatic heterocycles. The molecule has 3 heteroatoms. The summed E-state index contributed by atoms with van der Waals surface area (Å²) in [5.41, 5.74) is 0. The van der Waals surface area contributed by atoms with Crippen molar-refractivity contribution in [3.05, 3.63) is 23.7 Å². The van der Waals surface area contributed by atoms with Gasteiger partial charge in [-0.25, -0.2) is 0 Å². The van der Waals surface area contributed by atoms with Crippen molar-refractivity contribution in [2.75, 3.05) is 0 Å². The molecule has 1 rings (SSSR count). The number of halogens is 1. The van der Waals surface area contributed by atoms with Crippen LogP contribution in [0.3, 0.4) is 0 Å². The molecule has 9 heavy (non-hydrogen) atoms. The molecular weight excluding hydrogens is 140 g/mol. The zero-order valence-corrected chi connectivity index (χ0v) is 5.56. The normalized spacial score (nSPS) is 10.0. The fraction of sp³-hybridized carbons (Fsp3) is 0.333. The summed E-state index contributed by atoms with van der Waals surface area (Å²) in [5.74, 6) is 1.62. The van der Waals surface area contributed by atoms with Gasteiger partial charge in [-0.05, 0) is 12.1 Å². The van der Waals surface area contributed by atoms with E-state index >= 15 is 0 Å². The van der Waals surface area contributed by atoms with Crippen molar-refractivity contribution in [3.63, 3.8) is 0 Å². The van der Waals surface area contributed by atoms with Gasteiger partial charge in [0.1, 0.15) is 18.1 Å². The molecule has 0 fully saturated rings. The van der Waals surface area contributed by atoms with E-state index in [9.17, 15) is 0 Å². The minimum atomic E-state index is -0.0586. The van der Waals surface area contributed by atoms with Crippen LogP contribution in [-0.4, -0.2) is 5.11 Å². The quantitative estimate of drug-likeness (QED) is 0.642. The lowest BCUT2D eigenvalue weighted by Gasteiger charge is -1.85. The first kappa shape index (κ1) is 6.65. The molecule has 0 saturated heterocycles. The summed E-state index contributed by atoms with van der Waals surface area (Å²) in [6.45, 7) is -0.0586. The van der Waals surface area contributed by atoms with E-state index in [-0.39, 0.29) is 6.61 Å². The van der Waals surface area contributed by atoms with Gasteiger partial charge < -0.3 is 9.52 Å². The number of hydrogen-bond donors (Lipinski definition) is 1. The van der Waals surface area contributed by atoms with Crippen molar-refractivity contribution < 1.29 is 9.52 Å². The van der Waals surface area contributed by atoms with E-state index < -0.39 is 0 Å². The molecule has 0 saturated carbocycles. The maximum Gasteiger partial charge on any atom is 0.129 e. The van der Waals surface area contributed by atoms with E-state index in [0.29, 0.717) is 17.4 Å². The Balaban J connectivity index is 2.74. The first-order chi connectivity index (χ1) is 4.36. The molecule has 50 valence electrons. The topological polar surface area (TPSA) is 33.4 Å². The van der Waals surface area contributed by atoms with Crippen LogP contribution in [0, 0.1) is 0 Å². The summed E-state index contributed by atoms with van der Waals surface area (Å²) in [6.07, 6.45) is 0. The van der Waals surface area contributed by atoms with E-state index in [4.69, 9.17) is 21.1 Å². The first-order valence-electron chi connectivity index (χ1n) is 2.61. The summed E-state index contributed by atoms with van der Waals surface area (Å²) in [7, 11) is 0. The second-order valence-electron chi connectivity index (χ2n) is 1.66. The smallest absolute Gasteiger partial charge is 0.129 e. The predicted octanol–water partition coefficient (Wildman–Crippen LogP) is 1.51. The highest BCUT2D eigenvalue weighted by Crippen LogP contribution is 2.09. The highest BCUT2D eigenvalue weighted by molar-refractivity contribution is 6.16. The number of hydrogen-bond acceptors (Lipinski definition) is 2. The summed E-state index contributed by atoms with van der Waals surface area (Å²) in [6, 6.07) is 3.45. The second-order valence-corrected chi connectivity index (χ2v) is 1.93. The average molecular weight is 147 g/mol. The molecule has 0 spiro atoms. The lowest BCUT2D eigenvalue weighted by Crippen LogP contribution is -1.74. The summed E-state index contributed by atoms with van der Waals surface area (Å²) >= 11 is 5.42. The zero-order valence-electron chi connectivity index (χ0n) is 4.80. The zero-order chi connectivity index (χ0) is 6.69. The third-order valence-electron chi connectivity index (χ3n) is 1.00. The number of aliphatic hydroxyl groups is 1. The Bertz CT molecular complexity index is 164. The third kappa shape index (κ3) is 1.47. The SMILES string of the molecule is OCc1ccc(CCl)o1. The van der Waals surface area contributed by atoms with Crippen LogP contribution in [0.2, 0.25) is 0 Å². The number of alkyl halides is 1. The fourth-order valence-electron chi connectivity index (χ4n) is 0.579. The molecule has 0 unspecified atom stereocenters. The molecule has 0 aliphatic rings. The molecule has 0 bridgehead atoms. The van der Waals surface area contributed by atoms with Crippen molar-refractivity contribution >= 4 is 11.6 Å². The Morgan fingerprint density at radius 1 is 1.44 bits per heavy atom. The summed E-state index contributed by atoms with van der Waals surface area (Å²) < 4.78 is 5.00. The van der Waals surface area contributed by atoms with Crippen molar-refractivity contribution in [1.29, 1.82) is 0 Å².